The Bertz CT molecular complexity index is 726. The van der Waals surface area contributed by atoms with E-state index in [-0.39, 0.29) is 55.5 Å². The molecular weight excluding hydrogens is 329 g/mol. The minimum atomic E-state index is -0.257. The molecule has 1 aliphatic rings. The van der Waals surface area contributed by atoms with Gasteiger partial charge in [-0.15, -0.1) is 5.69 Å². The Morgan fingerprint density at radius 2 is 1.45 bits per heavy atom. The van der Waals surface area contributed by atoms with Gasteiger partial charge in [-0.25, -0.2) is 0 Å². The Labute approximate surface area is 141 Å². The summed E-state index contributed by atoms with van der Waals surface area (Å²) in [5, 5.41) is 2.91. The third-order valence-electron chi connectivity index (χ3n) is 3.35. The summed E-state index contributed by atoms with van der Waals surface area (Å²) in [5.41, 5.74) is 9.82. The van der Waals surface area contributed by atoms with E-state index >= 15 is 0 Å². The van der Waals surface area contributed by atoms with Gasteiger partial charge in [-0.3, -0.25) is 9.59 Å². The van der Waals surface area contributed by atoms with E-state index < -0.39 is 0 Å². The molecule has 0 bridgehead atoms. The van der Waals surface area contributed by atoms with E-state index in [1.165, 1.54) is 6.07 Å². The quantitative estimate of drug-likeness (QED) is 0.740. The van der Waals surface area contributed by atoms with Crippen LogP contribution in [0.4, 0.5) is 11.4 Å². The molecule has 2 N–H and O–H groups in total. The molecule has 1 aliphatic carbocycles. The van der Waals surface area contributed by atoms with Gasteiger partial charge in [-0.1, -0.05) is 30.3 Å². The van der Waals surface area contributed by atoms with Gasteiger partial charge < -0.3 is 11.1 Å². The van der Waals surface area contributed by atoms with Crippen LogP contribution in [-0.2, 0) is 32.7 Å². The van der Waals surface area contributed by atoms with Gasteiger partial charge in [-0.2, -0.15) is 0 Å². The molecule has 2 aromatic rings. The Hall–Kier alpha value is -1.52. The molecule has 0 amide bonds. The molecule has 0 spiro atoms. The van der Waals surface area contributed by atoms with Gasteiger partial charge in [0.1, 0.15) is 0 Å². The zero-order valence-corrected chi connectivity index (χ0v) is 13.7. The molecule has 0 saturated heterocycles. The van der Waals surface area contributed by atoms with Crippen molar-refractivity contribution in [3.8, 4) is 0 Å². The van der Waals surface area contributed by atoms with Crippen LogP contribution in [-0.4, -0.2) is 18.6 Å². The molecule has 0 aliphatic heterocycles. The second-order valence-corrected chi connectivity index (χ2v) is 4.36. The van der Waals surface area contributed by atoms with Gasteiger partial charge in [0.25, 0.3) is 0 Å². The predicted molar refractivity (Wildman–Crippen MR) is 73.3 cm³/mol. The number of carbonyl (C=O) groups is 2. The van der Waals surface area contributed by atoms with Crippen molar-refractivity contribution in [3.05, 3.63) is 64.4 Å². The molecule has 0 saturated carbocycles. The van der Waals surface area contributed by atoms with Gasteiger partial charge in [0, 0.05) is 62.1 Å². The molecule has 0 atom stereocenters. The van der Waals surface area contributed by atoms with E-state index in [0.29, 0.717) is 22.4 Å². The standard InChI is InChI=1S/C15H12N2O2.Y/c1-17-11-7-6-10(16)12-13(11)15(19)9-5-3-2-4-8(9)14(12)18;/h2-7H,1H3,(H3,16,17,18,19);/p-1. The van der Waals surface area contributed by atoms with Crippen LogP contribution < -0.4 is 5.32 Å². The van der Waals surface area contributed by atoms with Crippen molar-refractivity contribution in [3.63, 3.8) is 0 Å². The predicted octanol–water partition coefficient (Wildman–Crippen LogP) is 3.18. The molecule has 4 nitrogen and oxygen atoms in total. The summed E-state index contributed by atoms with van der Waals surface area (Å²) in [7, 11) is 1.69. The molecule has 0 aromatic heterocycles. The van der Waals surface area contributed by atoms with Gasteiger partial charge in [0.2, 0.25) is 0 Å². The third kappa shape index (κ3) is 2.00. The maximum atomic E-state index is 12.5. The van der Waals surface area contributed by atoms with Crippen molar-refractivity contribution in [1.29, 1.82) is 0 Å². The molecule has 97 valence electrons. The van der Waals surface area contributed by atoms with Crippen LogP contribution in [0.5, 0.6) is 0 Å². The summed E-state index contributed by atoms with van der Waals surface area (Å²) in [6.07, 6.45) is 0. The molecule has 3 rings (SSSR count). The fraction of sp³-hybridized carbons (Fsp3) is 0.0667. The monoisotopic (exact) mass is 340 g/mol. The van der Waals surface area contributed by atoms with Crippen LogP contribution >= 0.6 is 0 Å². The molecule has 0 unspecified atom stereocenters. The van der Waals surface area contributed by atoms with E-state index in [4.69, 9.17) is 5.73 Å². The number of benzene rings is 2. The second kappa shape index (κ2) is 5.46. The van der Waals surface area contributed by atoms with E-state index in [0.717, 1.165) is 0 Å². The Morgan fingerprint density at radius 1 is 0.900 bits per heavy atom. The smallest absolute Gasteiger partial charge is 0.196 e. The van der Waals surface area contributed by atoms with E-state index in [2.05, 4.69) is 5.32 Å². The van der Waals surface area contributed by atoms with Crippen molar-refractivity contribution >= 4 is 22.9 Å². The first-order valence-corrected chi connectivity index (χ1v) is 5.90. The van der Waals surface area contributed by atoms with Gasteiger partial charge in [0.05, 0.1) is 5.56 Å². The molecule has 5 heteroatoms. The third-order valence-corrected chi connectivity index (χ3v) is 3.35. The minimum absolute atomic E-state index is 0. The number of hydrogen-bond donors (Lipinski definition) is 1. The maximum Gasteiger partial charge on any atom is 0.196 e. The van der Waals surface area contributed by atoms with Gasteiger partial charge >= 0.3 is 0 Å². The van der Waals surface area contributed by atoms with Gasteiger partial charge in [-0.05, 0) is 6.07 Å². The van der Waals surface area contributed by atoms with Crippen LogP contribution in [0.1, 0.15) is 31.8 Å². The first-order chi connectivity index (χ1) is 9.15. The number of fused-ring (bicyclic) bond motifs is 2. The molecule has 0 heterocycles. The fourth-order valence-electron chi connectivity index (χ4n) is 2.43. The largest absolute Gasteiger partial charge is 0.698 e. The van der Waals surface area contributed by atoms with Gasteiger partial charge in [0.15, 0.2) is 11.6 Å². The van der Waals surface area contributed by atoms with Crippen LogP contribution in [0.3, 0.4) is 0 Å². The van der Waals surface area contributed by atoms with Crippen molar-refractivity contribution in [2.24, 2.45) is 0 Å². The maximum absolute atomic E-state index is 12.5. The van der Waals surface area contributed by atoms with Crippen molar-refractivity contribution < 1.29 is 42.3 Å². The Morgan fingerprint density at radius 3 is 2.00 bits per heavy atom. The number of nitrogens with one attached hydrogen (secondary N) is 2. The first kappa shape index (κ1) is 14.9. The number of rotatable bonds is 1. The average molecular weight is 340 g/mol. The van der Waals surface area contributed by atoms with Crippen molar-refractivity contribution in [1.82, 2.24) is 0 Å². The van der Waals surface area contributed by atoms with Crippen LogP contribution in [0.2, 0.25) is 0 Å². The Kier molecular flexibility index (Phi) is 4.07. The molecule has 20 heavy (non-hydrogen) atoms. The summed E-state index contributed by atoms with van der Waals surface area (Å²) < 4.78 is 0. The van der Waals surface area contributed by atoms with E-state index in [1.807, 2.05) is 0 Å². The van der Waals surface area contributed by atoms with Crippen LogP contribution in [0.25, 0.3) is 5.73 Å². The Balaban J connectivity index is 0.00000147. The zero-order valence-electron chi connectivity index (χ0n) is 10.9. The van der Waals surface area contributed by atoms with Crippen molar-refractivity contribution in [2.45, 2.75) is 0 Å². The summed E-state index contributed by atoms with van der Waals surface area (Å²) in [6.45, 7) is 0. The fourth-order valence-corrected chi connectivity index (χ4v) is 2.43. The summed E-state index contributed by atoms with van der Waals surface area (Å²) in [4.78, 5) is 25.0. The summed E-state index contributed by atoms with van der Waals surface area (Å²) in [5.74, 6) is -0.462. The van der Waals surface area contributed by atoms with E-state index in [1.54, 1.807) is 37.4 Å². The average Bonchev–Trinajstić information content (AvgIpc) is 2.44. The first-order valence-electron chi connectivity index (χ1n) is 5.90. The molecule has 1 radical (unpaired) electrons. The summed E-state index contributed by atoms with van der Waals surface area (Å²) >= 11 is 0. The topological polar surface area (TPSA) is 70.0 Å². The molecule has 0 fully saturated rings. The normalized spacial score (nSPS) is 12.2. The number of ketones is 2. The number of carbonyl (C=O) groups excluding carboxylic acids is 2. The number of anilines is 1. The molecule has 2 aromatic carbocycles. The van der Waals surface area contributed by atoms with Crippen LogP contribution in [0.15, 0.2) is 36.4 Å². The molecular formula is C15H11N2O2Y-. The van der Waals surface area contributed by atoms with Crippen LogP contribution in [0, 0.1) is 0 Å². The summed E-state index contributed by atoms with van der Waals surface area (Å²) in [6, 6.07) is 9.92. The minimum Gasteiger partial charge on any atom is -0.698 e. The van der Waals surface area contributed by atoms with Crippen molar-refractivity contribution in [2.75, 3.05) is 12.4 Å². The number of hydrogen-bond acceptors (Lipinski definition) is 3. The van der Waals surface area contributed by atoms with E-state index in [9.17, 15) is 9.59 Å². The zero-order chi connectivity index (χ0) is 13.6. The SMILES string of the molecule is CNc1ccc([NH-])c2c1C(=O)c1ccccc1C2=O.[Y]. The second-order valence-electron chi connectivity index (χ2n) is 4.36.